The number of hydrogen-bond donors (Lipinski definition) is 0. The smallest absolute Gasteiger partial charge is 0.127 e. The van der Waals surface area contributed by atoms with Gasteiger partial charge in [0.2, 0.25) is 0 Å². The summed E-state index contributed by atoms with van der Waals surface area (Å²) in [5, 5.41) is 0.945. The summed E-state index contributed by atoms with van der Waals surface area (Å²) in [5.74, 6) is 0.771. The van der Waals surface area contributed by atoms with Crippen LogP contribution in [0.5, 0.6) is 5.75 Å². The molecule has 4 heteroatoms. The van der Waals surface area contributed by atoms with Gasteiger partial charge < -0.3 is 9.64 Å². The minimum atomic E-state index is -0.221. The van der Waals surface area contributed by atoms with Crippen LogP contribution >= 0.6 is 8.58 Å². The highest BCUT2D eigenvalue weighted by molar-refractivity contribution is 7.49. The van der Waals surface area contributed by atoms with Crippen molar-refractivity contribution >= 4 is 19.6 Å². The first-order valence-electron chi connectivity index (χ1n) is 15.5. The largest absolute Gasteiger partial charge is 0.488 e. The van der Waals surface area contributed by atoms with E-state index in [1.165, 1.54) is 33.1 Å². The average Bonchev–Trinajstić information content (AvgIpc) is 3.03. The molecule has 2 nitrogen and oxygen atoms in total. The van der Waals surface area contributed by atoms with Crippen molar-refractivity contribution in [1.82, 2.24) is 0 Å². The summed E-state index contributed by atoms with van der Waals surface area (Å²) in [4.78, 5) is 2.03. The van der Waals surface area contributed by atoms with Gasteiger partial charge in [0.15, 0.2) is 0 Å². The fourth-order valence-electron chi connectivity index (χ4n) is 5.99. The quantitative estimate of drug-likeness (QED) is 0.124. The third-order valence-corrected chi connectivity index (χ3v) is 9.90. The van der Waals surface area contributed by atoms with Crippen LogP contribution in [0.2, 0.25) is 0 Å². The first-order chi connectivity index (χ1) is 21.3. The van der Waals surface area contributed by atoms with Crippen LogP contribution < -0.4 is 14.9 Å². The van der Waals surface area contributed by atoms with E-state index in [0.29, 0.717) is 15.2 Å². The van der Waals surface area contributed by atoms with Crippen LogP contribution in [-0.2, 0) is 24.6 Å². The lowest BCUT2D eigenvalue weighted by Crippen LogP contribution is -2.24. The van der Waals surface area contributed by atoms with Crippen LogP contribution in [0, 0.1) is 5.82 Å². The van der Waals surface area contributed by atoms with Gasteiger partial charge >= 0.3 is 0 Å². The molecule has 226 valence electrons. The Morgan fingerprint density at radius 1 is 0.705 bits per heavy atom. The molecule has 0 spiro atoms. The van der Waals surface area contributed by atoms with Crippen molar-refractivity contribution in [2.24, 2.45) is 0 Å². The standard InChI is InChI=1S/C40H43FNOP/c1-5-23-40(2,44-38-22-21-35(41)28-37(38)42(3)4)36-27-33(24-30-15-9-6-10-16-30)26-34(25-31-17-11-7-12-18-31)39(36)43-29-32-19-13-8-14-20-32/h6-22,26-28,44H,5,23-25,29H2,1-4H3. The second-order valence-electron chi connectivity index (χ2n) is 12.0. The summed E-state index contributed by atoms with van der Waals surface area (Å²) in [6.07, 6.45) is 3.64. The van der Waals surface area contributed by atoms with Crippen LogP contribution in [0.15, 0.2) is 121 Å². The van der Waals surface area contributed by atoms with E-state index in [4.69, 9.17) is 4.74 Å². The van der Waals surface area contributed by atoms with Gasteiger partial charge in [-0.2, -0.15) is 0 Å². The zero-order valence-corrected chi connectivity index (χ0v) is 27.3. The predicted molar refractivity (Wildman–Crippen MR) is 187 cm³/mol. The molecular formula is C40H43FNOP. The fourth-order valence-corrected chi connectivity index (χ4v) is 7.87. The number of halogens is 1. The molecule has 0 saturated carbocycles. The van der Waals surface area contributed by atoms with Gasteiger partial charge in [0, 0.05) is 36.9 Å². The van der Waals surface area contributed by atoms with E-state index in [1.807, 2.05) is 31.1 Å². The molecule has 5 aromatic carbocycles. The Balaban J connectivity index is 1.68. The molecule has 5 aromatic rings. The maximum absolute atomic E-state index is 14.4. The van der Waals surface area contributed by atoms with Gasteiger partial charge in [-0.3, -0.25) is 0 Å². The monoisotopic (exact) mass is 603 g/mol. The first-order valence-corrected chi connectivity index (χ1v) is 16.5. The Morgan fingerprint density at radius 2 is 1.30 bits per heavy atom. The third-order valence-electron chi connectivity index (χ3n) is 8.14. The molecule has 0 aliphatic carbocycles. The van der Waals surface area contributed by atoms with Crippen molar-refractivity contribution < 1.29 is 9.13 Å². The zero-order chi connectivity index (χ0) is 30.9. The maximum Gasteiger partial charge on any atom is 0.127 e. The van der Waals surface area contributed by atoms with Gasteiger partial charge in [-0.05, 0) is 64.2 Å². The summed E-state index contributed by atoms with van der Waals surface area (Å²) >= 11 is 0. The van der Waals surface area contributed by atoms with Gasteiger partial charge in [-0.15, -0.1) is 0 Å². The van der Waals surface area contributed by atoms with Gasteiger partial charge in [-0.1, -0.05) is 132 Å². The van der Waals surface area contributed by atoms with Gasteiger partial charge in [-0.25, -0.2) is 4.39 Å². The second kappa shape index (κ2) is 14.7. The molecule has 0 heterocycles. The van der Waals surface area contributed by atoms with E-state index < -0.39 is 0 Å². The highest BCUT2D eigenvalue weighted by Gasteiger charge is 2.33. The average molecular weight is 604 g/mol. The van der Waals surface area contributed by atoms with Crippen molar-refractivity contribution in [2.75, 3.05) is 19.0 Å². The topological polar surface area (TPSA) is 12.5 Å². The number of nitrogens with zero attached hydrogens (tertiary/aromatic N) is 1. The van der Waals surface area contributed by atoms with Crippen LogP contribution in [0.3, 0.4) is 0 Å². The number of anilines is 1. The van der Waals surface area contributed by atoms with Crippen LogP contribution in [0.25, 0.3) is 0 Å². The van der Waals surface area contributed by atoms with Gasteiger partial charge in [0.05, 0.1) is 0 Å². The maximum atomic E-state index is 14.4. The SMILES string of the molecule is CCCC(C)(Pc1ccc(F)cc1N(C)C)c1cc(Cc2ccccc2)cc(Cc2ccccc2)c1OCc1ccccc1. The van der Waals surface area contributed by atoms with Gasteiger partial charge in [0.1, 0.15) is 18.2 Å². The normalized spacial score (nSPS) is 12.8. The highest BCUT2D eigenvalue weighted by atomic mass is 31.1. The minimum Gasteiger partial charge on any atom is -0.488 e. The third kappa shape index (κ3) is 7.96. The lowest BCUT2D eigenvalue weighted by Gasteiger charge is -2.35. The van der Waals surface area contributed by atoms with Gasteiger partial charge in [0.25, 0.3) is 0 Å². The molecule has 0 radical (unpaired) electrons. The Bertz CT molecular complexity index is 1640. The Hall–Kier alpha value is -3.94. The minimum absolute atomic E-state index is 0.207. The summed E-state index contributed by atoms with van der Waals surface area (Å²) in [6.45, 7) is 5.13. The lowest BCUT2D eigenvalue weighted by atomic mass is 9.87. The molecule has 0 fully saturated rings. The summed E-state index contributed by atoms with van der Waals surface area (Å²) in [5.41, 5.74) is 8.34. The van der Waals surface area contributed by atoms with Crippen LogP contribution in [0.1, 0.15) is 60.1 Å². The summed E-state index contributed by atoms with van der Waals surface area (Å²) in [7, 11) is 4.41. The molecule has 0 aliphatic heterocycles. The predicted octanol–water partition coefficient (Wildman–Crippen LogP) is 9.67. The molecule has 0 aliphatic rings. The Kier molecular flexibility index (Phi) is 10.5. The molecule has 0 N–H and O–H groups in total. The number of rotatable bonds is 13. The Labute approximate surface area is 264 Å². The van der Waals surface area contributed by atoms with E-state index in [0.717, 1.165) is 42.7 Å². The number of hydrogen-bond acceptors (Lipinski definition) is 2. The van der Waals surface area contributed by atoms with E-state index >= 15 is 0 Å². The first kappa shape index (κ1) is 31.5. The van der Waals surface area contributed by atoms with E-state index in [-0.39, 0.29) is 11.0 Å². The van der Waals surface area contributed by atoms with Crippen molar-refractivity contribution in [2.45, 2.75) is 51.3 Å². The van der Waals surface area contributed by atoms with Crippen molar-refractivity contribution in [3.8, 4) is 5.75 Å². The summed E-state index contributed by atoms with van der Waals surface area (Å²) < 4.78 is 21.3. The molecule has 2 atom stereocenters. The molecule has 44 heavy (non-hydrogen) atoms. The van der Waals surface area contributed by atoms with Crippen LogP contribution in [-0.4, -0.2) is 14.1 Å². The molecule has 0 amide bonds. The van der Waals surface area contributed by atoms with Crippen molar-refractivity contribution in [3.05, 3.63) is 161 Å². The van der Waals surface area contributed by atoms with Crippen molar-refractivity contribution in [1.29, 1.82) is 0 Å². The Morgan fingerprint density at radius 3 is 1.89 bits per heavy atom. The lowest BCUT2D eigenvalue weighted by molar-refractivity contribution is 0.296. The van der Waals surface area contributed by atoms with E-state index in [9.17, 15) is 4.39 Å². The number of benzene rings is 5. The van der Waals surface area contributed by atoms with Crippen molar-refractivity contribution in [3.63, 3.8) is 0 Å². The van der Waals surface area contributed by atoms with Crippen LogP contribution in [0.4, 0.5) is 10.1 Å². The summed E-state index contributed by atoms with van der Waals surface area (Å²) in [6, 6.07) is 41.7. The molecule has 0 aromatic heterocycles. The van der Waals surface area contributed by atoms with E-state index in [2.05, 4.69) is 111 Å². The zero-order valence-electron chi connectivity index (χ0n) is 26.3. The number of ether oxygens (including phenoxy) is 1. The molecular weight excluding hydrogens is 560 g/mol. The fraction of sp³-hybridized carbons (Fsp3) is 0.250. The molecule has 2 unspecified atom stereocenters. The second-order valence-corrected chi connectivity index (χ2v) is 13.9. The molecule has 0 bridgehead atoms. The molecule has 5 rings (SSSR count). The molecule has 0 saturated heterocycles. The van der Waals surface area contributed by atoms with E-state index in [1.54, 1.807) is 12.1 Å². The highest BCUT2D eigenvalue weighted by Crippen LogP contribution is 2.51.